The average molecular weight is 251 g/mol. The molecule has 15 heavy (non-hydrogen) atoms. The summed E-state index contributed by atoms with van der Waals surface area (Å²) in [6.45, 7) is 1.27. The van der Waals surface area contributed by atoms with E-state index in [1.165, 1.54) is 31.2 Å². The van der Waals surface area contributed by atoms with Crippen LogP contribution in [0.3, 0.4) is 0 Å². The van der Waals surface area contributed by atoms with Crippen molar-refractivity contribution < 1.29 is 13.6 Å². The molecular formula is C10H9ClF2OS. The van der Waals surface area contributed by atoms with Crippen molar-refractivity contribution >= 4 is 28.5 Å². The van der Waals surface area contributed by atoms with Crippen LogP contribution < -0.4 is 0 Å². The monoisotopic (exact) mass is 250 g/mol. The average Bonchev–Trinajstić information content (AvgIpc) is 2.16. The van der Waals surface area contributed by atoms with Gasteiger partial charge in [-0.05, 0) is 12.1 Å². The third-order valence-corrected chi connectivity index (χ3v) is 2.89. The zero-order valence-electron chi connectivity index (χ0n) is 7.97. The first-order chi connectivity index (χ1) is 6.92. The third kappa shape index (κ3) is 3.80. The summed E-state index contributed by atoms with van der Waals surface area (Å²) in [5.41, 5.74) is -0.124. The van der Waals surface area contributed by atoms with E-state index in [1.807, 2.05) is 0 Å². The van der Waals surface area contributed by atoms with E-state index < -0.39 is 11.7 Å². The van der Waals surface area contributed by atoms with Crippen molar-refractivity contribution in [3.05, 3.63) is 34.9 Å². The summed E-state index contributed by atoms with van der Waals surface area (Å²) in [7, 11) is 0. The van der Waals surface area contributed by atoms with Gasteiger partial charge in [0.15, 0.2) is 5.12 Å². The molecule has 0 saturated carbocycles. The van der Waals surface area contributed by atoms with E-state index in [9.17, 15) is 13.6 Å². The van der Waals surface area contributed by atoms with Crippen LogP contribution in [0.2, 0.25) is 5.02 Å². The normalized spacial score (nSPS) is 11.5. The number of hydrogen-bond donors (Lipinski definition) is 0. The van der Waals surface area contributed by atoms with E-state index in [0.29, 0.717) is 16.8 Å². The van der Waals surface area contributed by atoms with E-state index in [-0.39, 0.29) is 10.7 Å². The van der Waals surface area contributed by atoms with E-state index in [1.54, 1.807) is 0 Å². The quantitative estimate of drug-likeness (QED) is 0.814. The van der Waals surface area contributed by atoms with Crippen molar-refractivity contribution in [3.8, 4) is 0 Å². The minimum absolute atomic E-state index is 0.124. The molecule has 0 spiro atoms. The first-order valence-corrected chi connectivity index (χ1v) is 5.55. The van der Waals surface area contributed by atoms with Crippen molar-refractivity contribution in [2.75, 3.05) is 5.75 Å². The highest BCUT2D eigenvalue weighted by atomic mass is 35.5. The number of carbonyl (C=O) groups is 1. The first-order valence-electron chi connectivity index (χ1n) is 4.19. The lowest BCUT2D eigenvalue weighted by molar-refractivity contribution is -0.109. The van der Waals surface area contributed by atoms with Crippen LogP contribution in [-0.2, 0) is 10.7 Å². The summed E-state index contributed by atoms with van der Waals surface area (Å²) in [6.07, 6.45) is 0. The molecule has 0 N–H and O–H groups in total. The summed E-state index contributed by atoms with van der Waals surface area (Å²) in [6, 6.07) is 5.35. The van der Waals surface area contributed by atoms with Crippen LogP contribution in [0, 0.1) is 0 Å². The van der Waals surface area contributed by atoms with Gasteiger partial charge < -0.3 is 0 Å². The van der Waals surface area contributed by atoms with Gasteiger partial charge in [0.05, 0.1) is 5.75 Å². The van der Waals surface area contributed by atoms with Gasteiger partial charge in [-0.1, -0.05) is 35.5 Å². The van der Waals surface area contributed by atoms with Crippen LogP contribution in [0.25, 0.3) is 0 Å². The number of benzene rings is 1. The fourth-order valence-corrected chi connectivity index (χ4v) is 1.65. The van der Waals surface area contributed by atoms with Gasteiger partial charge in [-0.15, -0.1) is 0 Å². The molecule has 0 fully saturated rings. The number of hydrogen-bond acceptors (Lipinski definition) is 2. The molecule has 0 bridgehead atoms. The van der Waals surface area contributed by atoms with Gasteiger partial charge in [0.1, 0.15) is 0 Å². The van der Waals surface area contributed by atoms with Gasteiger partial charge in [-0.3, -0.25) is 4.79 Å². The van der Waals surface area contributed by atoms with Crippen LogP contribution in [0.5, 0.6) is 0 Å². The smallest absolute Gasteiger partial charge is 0.282 e. The van der Waals surface area contributed by atoms with E-state index in [0.717, 1.165) is 0 Å². The van der Waals surface area contributed by atoms with Gasteiger partial charge in [-0.25, -0.2) is 8.78 Å². The van der Waals surface area contributed by atoms with Crippen molar-refractivity contribution in [3.63, 3.8) is 0 Å². The molecule has 0 unspecified atom stereocenters. The molecule has 5 heteroatoms. The molecule has 0 radical (unpaired) electrons. The Morgan fingerprint density at radius 3 is 2.40 bits per heavy atom. The SMILES string of the molecule is CC(=O)SCC(F)(F)c1ccc(Cl)cc1. The molecule has 0 heterocycles. The van der Waals surface area contributed by atoms with Gasteiger partial charge in [0.2, 0.25) is 0 Å². The maximum absolute atomic E-state index is 13.4. The van der Waals surface area contributed by atoms with Gasteiger partial charge >= 0.3 is 0 Å². The molecule has 0 saturated heterocycles. The Bertz CT molecular complexity index is 351. The standard InChI is InChI=1S/C10H9ClF2OS/c1-7(14)15-6-10(12,13)8-2-4-9(11)5-3-8/h2-5H,6H2,1H3. The Morgan fingerprint density at radius 2 is 1.93 bits per heavy atom. The molecule has 0 atom stereocenters. The number of halogens is 3. The Morgan fingerprint density at radius 1 is 1.40 bits per heavy atom. The zero-order valence-corrected chi connectivity index (χ0v) is 9.54. The summed E-state index contributed by atoms with van der Waals surface area (Å²) in [5, 5.41) is 0.0948. The van der Waals surface area contributed by atoms with Crippen LogP contribution in [0.4, 0.5) is 8.78 Å². The maximum atomic E-state index is 13.4. The lowest BCUT2D eigenvalue weighted by atomic mass is 10.1. The Hall–Kier alpha value is -0.610. The molecule has 0 aromatic heterocycles. The topological polar surface area (TPSA) is 17.1 Å². The van der Waals surface area contributed by atoms with E-state index in [4.69, 9.17) is 11.6 Å². The summed E-state index contributed by atoms with van der Waals surface area (Å²) in [5.74, 6) is -3.54. The molecule has 1 nitrogen and oxygen atoms in total. The lowest BCUT2D eigenvalue weighted by Crippen LogP contribution is -2.17. The Labute approximate surface area is 95.8 Å². The van der Waals surface area contributed by atoms with Crippen LogP contribution in [-0.4, -0.2) is 10.9 Å². The molecule has 0 aliphatic heterocycles. The Balaban J connectivity index is 2.76. The van der Waals surface area contributed by atoms with Gasteiger partial charge in [0.25, 0.3) is 5.92 Å². The van der Waals surface area contributed by atoms with E-state index in [2.05, 4.69) is 0 Å². The fraction of sp³-hybridized carbons (Fsp3) is 0.300. The highest BCUT2D eigenvalue weighted by molar-refractivity contribution is 8.13. The lowest BCUT2D eigenvalue weighted by Gasteiger charge is -2.15. The van der Waals surface area contributed by atoms with Crippen LogP contribution >= 0.6 is 23.4 Å². The summed E-state index contributed by atoms with van der Waals surface area (Å²) >= 11 is 6.20. The number of carbonyl (C=O) groups excluding carboxylic acids is 1. The molecule has 82 valence electrons. The van der Waals surface area contributed by atoms with Crippen LogP contribution in [0.15, 0.2) is 24.3 Å². The molecule has 1 aromatic carbocycles. The van der Waals surface area contributed by atoms with Crippen molar-refractivity contribution in [1.29, 1.82) is 0 Å². The van der Waals surface area contributed by atoms with Crippen molar-refractivity contribution in [2.45, 2.75) is 12.8 Å². The highest BCUT2D eigenvalue weighted by Gasteiger charge is 2.31. The number of rotatable bonds is 3. The Kier molecular flexibility index (Phi) is 4.11. The van der Waals surface area contributed by atoms with Crippen LogP contribution in [0.1, 0.15) is 12.5 Å². The molecule has 0 aliphatic rings. The summed E-state index contributed by atoms with van der Waals surface area (Å²) < 4.78 is 26.9. The second-order valence-electron chi connectivity index (χ2n) is 2.99. The van der Waals surface area contributed by atoms with Gasteiger partial charge in [0, 0.05) is 17.5 Å². The predicted octanol–water partition coefficient (Wildman–Crippen LogP) is 3.71. The van der Waals surface area contributed by atoms with Crippen molar-refractivity contribution in [1.82, 2.24) is 0 Å². The molecule has 1 rings (SSSR count). The minimum Gasteiger partial charge on any atom is -0.288 e. The van der Waals surface area contributed by atoms with Crippen molar-refractivity contribution in [2.24, 2.45) is 0 Å². The molecule has 0 amide bonds. The summed E-state index contributed by atoms with van der Waals surface area (Å²) in [4.78, 5) is 10.6. The van der Waals surface area contributed by atoms with Gasteiger partial charge in [-0.2, -0.15) is 0 Å². The molecule has 1 aromatic rings. The minimum atomic E-state index is -3.00. The number of alkyl halides is 2. The van der Waals surface area contributed by atoms with E-state index >= 15 is 0 Å². The third-order valence-electron chi connectivity index (χ3n) is 1.72. The molecular weight excluding hydrogens is 242 g/mol. The second kappa shape index (κ2) is 4.94. The maximum Gasteiger partial charge on any atom is 0.282 e. The largest absolute Gasteiger partial charge is 0.288 e. The first kappa shape index (κ1) is 12.5. The highest BCUT2D eigenvalue weighted by Crippen LogP contribution is 2.32. The number of thioether (sulfide) groups is 1. The fourth-order valence-electron chi connectivity index (χ4n) is 0.969. The second-order valence-corrected chi connectivity index (χ2v) is 4.58. The molecule has 0 aliphatic carbocycles. The zero-order chi connectivity index (χ0) is 11.5. The predicted molar refractivity (Wildman–Crippen MR) is 58.5 cm³/mol.